The zero-order valence-corrected chi connectivity index (χ0v) is 37.0. The van der Waals surface area contributed by atoms with Crippen molar-refractivity contribution >= 4 is 17.9 Å². The average Bonchev–Trinajstić information content (AvgIpc) is 3.17. The Morgan fingerprint density at radius 3 is 1.49 bits per heavy atom. The summed E-state index contributed by atoms with van der Waals surface area (Å²) in [6.07, 6.45) is 44.2. The van der Waals surface area contributed by atoms with Crippen LogP contribution in [-0.4, -0.2) is 87.4 Å². The second kappa shape index (κ2) is 39.8. The van der Waals surface area contributed by atoms with Crippen molar-refractivity contribution in [2.45, 2.75) is 180 Å². The van der Waals surface area contributed by atoms with Crippen LogP contribution in [0.15, 0.2) is 60.8 Å². The monoisotopic (exact) mass is 803 g/mol. The Kier molecular flexibility index (Phi) is 37.7. The predicted molar refractivity (Wildman–Crippen MR) is 235 cm³/mol. The van der Waals surface area contributed by atoms with E-state index >= 15 is 0 Å². The molecular formula is C48H84NO8+. The Bertz CT molecular complexity index is 1120. The smallest absolute Gasteiger partial charge is 0.361 e. The zero-order valence-electron chi connectivity index (χ0n) is 37.0. The first kappa shape index (κ1) is 54.0. The number of carboxylic acids is 1. The number of carboxylic acid groups (broad SMARTS) is 1. The number of unbranched alkanes of at least 4 members (excludes halogenated alkanes) is 15. The van der Waals surface area contributed by atoms with Gasteiger partial charge in [-0.25, -0.2) is 4.79 Å². The SMILES string of the molecule is CC/C=C\C/C=C\C/C=C\CCCCCCCC(=O)OC(COC(=O)CCCCCCCCC/C=C\C/C=C\CCCCC)COC(OCC[N+](C)(C)C)C(=O)O. The van der Waals surface area contributed by atoms with Gasteiger partial charge in [-0.05, 0) is 77.0 Å². The number of allylic oxidation sites excluding steroid dienone is 10. The topological polar surface area (TPSA) is 108 Å². The largest absolute Gasteiger partial charge is 0.477 e. The Balaban J connectivity index is 4.48. The summed E-state index contributed by atoms with van der Waals surface area (Å²) in [4.78, 5) is 37.1. The van der Waals surface area contributed by atoms with Crippen molar-refractivity contribution in [1.29, 1.82) is 0 Å². The number of hydrogen-bond acceptors (Lipinski definition) is 7. The van der Waals surface area contributed by atoms with Crippen LogP contribution in [0.5, 0.6) is 0 Å². The van der Waals surface area contributed by atoms with Gasteiger partial charge in [-0.15, -0.1) is 0 Å². The van der Waals surface area contributed by atoms with Gasteiger partial charge in [0.05, 0.1) is 34.4 Å². The standard InChI is InChI=1S/C48H83NO8/c1-6-8-10-12-14-16-18-20-22-23-25-26-28-30-32-34-36-38-45(50)55-42-44(43-56-48(47(52)53)54-41-40-49(3,4)5)57-46(51)39-37-35-33-31-29-27-24-21-19-17-15-13-11-9-7-2/h9,11,14-17,20-22,24,44,48H,6-8,10,12-13,18-19,23,25-43H2,1-5H3/p+1/b11-9-,16-14-,17-15-,22-20-,24-21-. The van der Waals surface area contributed by atoms with Gasteiger partial charge in [-0.3, -0.25) is 9.59 Å². The van der Waals surface area contributed by atoms with Crippen LogP contribution in [0.25, 0.3) is 0 Å². The van der Waals surface area contributed by atoms with Crippen molar-refractivity contribution < 1.29 is 42.9 Å². The van der Waals surface area contributed by atoms with E-state index in [2.05, 4.69) is 74.6 Å². The quantitative estimate of drug-likeness (QED) is 0.0214. The third kappa shape index (κ3) is 41.0. The minimum atomic E-state index is -1.52. The molecule has 0 aromatic carbocycles. The average molecular weight is 803 g/mol. The molecule has 0 saturated heterocycles. The molecular weight excluding hydrogens is 719 g/mol. The van der Waals surface area contributed by atoms with E-state index in [0.29, 0.717) is 17.4 Å². The Labute approximate surface area is 348 Å². The molecule has 328 valence electrons. The maximum Gasteiger partial charge on any atom is 0.361 e. The second-order valence-electron chi connectivity index (χ2n) is 16.0. The van der Waals surface area contributed by atoms with Gasteiger partial charge in [0.15, 0.2) is 6.10 Å². The van der Waals surface area contributed by atoms with Crippen molar-refractivity contribution in [3.05, 3.63) is 60.8 Å². The Hall–Kier alpha value is -3.01. The van der Waals surface area contributed by atoms with Crippen LogP contribution >= 0.6 is 0 Å². The Morgan fingerprint density at radius 2 is 1.00 bits per heavy atom. The summed E-state index contributed by atoms with van der Waals surface area (Å²) in [7, 11) is 5.94. The van der Waals surface area contributed by atoms with Gasteiger partial charge < -0.3 is 28.5 Å². The summed E-state index contributed by atoms with van der Waals surface area (Å²) in [6, 6.07) is 0. The van der Waals surface area contributed by atoms with Gasteiger partial charge >= 0.3 is 17.9 Å². The van der Waals surface area contributed by atoms with E-state index in [-0.39, 0.29) is 38.6 Å². The van der Waals surface area contributed by atoms with Gasteiger partial charge in [0, 0.05) is 12.8 Å². The van der Waals surface area contributed by atoms with E-state index in [1.54, 1.807) is 0 Å². The molecule has 0 aliphatic carbocycles. The van der Waals surface area contributed by atoms with Gasteiger partial charge in [0.2, 0.25) is 0 Å². The molecule has 2 unspecified atom stereocenters. The predicted octanol–water partition coefficient (Wildman–Crippen LogP) is 11.8. The lowest BCUT2D eigenvalue weighted by Crippen LogP contribution is -2.40. The number of ether oxygens (including phenoxy) is 4. The van der Waals surface area contributed by atoms with E-state index in [1.165, 1.54) is 44.9 Å². The highest BCUT2D eigenvalue weighted by atomic mass is 16.7. The summed E-state index contributed by atoms with van der Waals surface area (Å²) < 4.78 is 22.7. The fourth-order valence-corrected chi connectivity index (χ4v) is 5.76. The van der Waals surface area contributed by atoms with Crippen molar-refractivity contribution in [3.63, 3.8) is 0 Å². The van der Waals surface area contributed by atoms with Gasteiger partial charge in [0.1, 0.15) is 13.2 Å². The van der Waals surface area contributed by atoms with Crippen LogP contribution in [0.4, 0.5) is 0 Å². The van der Waals surface area contributed by atoms with E-state index in [9.17, 15) is 19.5 Å². The third-order valence-corrected chi connectivity index (χ3v) is 9.26. The molecule has 0 fully saturated rings. The number of hydrogen-bond donors (Lipinski definition) is 1. The van der Waals surface area contributed by atoms with Crippen molar-refractivity contribution in [3.8, 4) is 0 Å². The molecule has 2 atom stereocenters. The summed E-state index contributed by atoms with van der Waals surface area (Å²) in [6.45, 7) is 4.69. The fraction of sp³-hybridized carbons (Fsp3) is 0.729. The molecule has 0 radical (unpaired) electrons. The lowest BCUT2D eigenvalue weighted by Gasteiger charge is -2.25. The fourth-order valence-electron chi connectivity index (χ4n) is 5.76. The highest BCUT2D eigenvalue weighted by Gasteiger charge is 2.25. The van der Waals surface area contributed by atoms with Crippen LogP contribution in [-0.2, 0) is 33.3 Å². The van der Waals surface area contributed by atoms with Crippen LogP contribution in [0.2, 0.25) is 0 Å². The van der Waals surface area contributed by atoms with E-state index in [0.717, 1.165) is 89.9 Å². The van der Waals surface area contributed by atoms with Crippen molar-refractivity contribution in [1.82, 2.24) is 0 Å². The maximum atomic E-state index is 12.7. The van der Waals surface area contributed by atoms with Crippen molar-refractivity contribution in [2.75, 3.05) is 47.5 Å². The number of quaternary nitrogens is 1. The lowest BCUT2D eigenvalue weighted by molar-refractivity contribution is -0.870. The molecule has 0 aromatic heterocycles. The number of carbonyl (C=O) groups is 3. The van der Waals surface area contributed by atoms with Crippen LogP contribution in [0.1, 0.15) is 168 Å². The molecule has 0 rings (SSSR count). The molecule has 9 nitrogen and oxygen atoms in total. The third-order valence-electron chi connectivity index (χ3n) is 9.26. The minimum Gasteiger partial charge on any atom is -0.477 e. The molecule has 9 heteroatoms. The van der Waals surface area contributed by atoms with Crippen LogP contribution in [0, 0.1) is 0 Å². The second-order valence-corrected chi connectivity index (χ2v) is 16.0. The van der Waals surface area contributed by atoms with Gasteiger partial charge in [-0.2, -0.15) is 0 Å². The number of rotatable bonds is 40. The van der Waals surface area contributed by atoms with E-state index in [4.69, 9.17) is 18.9 Å². The molecule has 0 aliphatic rings. The van der Waals surface area contributed by atoms with Gasteiger partial charge in [0.25, 0.3) is 6.29 Å². The lowest BCUT2D eigenvalue weighted by atomic mass is 10.1. The molecule has 0 aromatic rings. The van der Waals surface area contributed by atoms with Crippen molar-refractivity contribution in [2.24, 2.45) is 0 Å². The normalized spacial score (nSPS) is 13.5. The summed E-state index contributed by atoms with van der Waals surface area (Å²) in [5.74, 6) is -2.05. The zero-order chi connectivity index (χ0) is 42.1. The van der Waals surface area contributed by atoms with Gasteiger partial charge in [-0.1, -0.05) is 139 Å². The summed E-state index contributed by atoms with van der Waals surface area (Å²) >= 11 is 0. The first-order valence-electron chi connectivity index (χ1n) is 22.5. The highest BCUT2D eigenvalue weighted by molar-refractivity contribution is 5.71. The van der Waals surface area contributed by atoms with E-state index in [1.807, 2.05) is 21.1 Å². The number of carbonyl (C=O) groups excluding carboxylic acids is 2. The summed E-state index contributed by atoms with van der Waals surface area (Å²) in [5.41, 5.74) is 0. The molecule has 0 spiro atoms. The molecule has 1 N–H and O–H groups in total. The molecule has 0 aliphatic heterocycles. The van der Waals surface area contributed by atoms with Crippen LogP contribution in [0.3, 0.4) is 0 Å². The number of nitrogens with zero attached hydrogens (tertiary/aromatic N) is 1. The molecule has 57 heavy (non-hydrogen) atoms. The number of aliphatic carboxylic acids is 1. The first-order chi connectivity index (χ1) is 27.6. The first-order valence-corrected chi connectivity index (χ1v) is 22.5. The molecule has 0 amide bonds. The van der Waals surface area contributed by atoms with Crippen LogP contribution < -0.4 is 0 Å². The molecule has 0 heterocycles. The minimum absolute atomic E-state index is 0.180. The maximum absolute atomic E-state index is 12.7. The Morgan fingerprint density at radius 1 is 0.544 bits per heavy atom. The highest BCUT2D eigenvalue weighted by Crippen LogP contribution is 2.13. The molecule has 0 saturated carbocycles. The number of esters is 2. The summed E-state index contributed by atoms with van der Waals surface area (Å²) in [5, 5.41) is 9.63. The molecule has 0 bridgehead atoms. The number of likely N-dealkylation sites (N-methyl/N-ethyl adjacent to an activating group) is 1. The van der Waals surface area contributed by atoms with E-state index < -0.39 is 24.3 Å².